The van der Waals surface area contributed by atoms with Crippen LogP contribution in [0.1, 0.15) is 11.1 Å². The summed E-state index contributed by atoms with van der Waals surface area (Å²) in [7, 11) is 0. The smallest absolute Gasteiger partial charge is 0.290 e. The van der Waals surface area contributed by atoms with Gasteiger partial charge < -0.3 is 14.8 Å². The summed E-state index contributed by atoms with van der Waals surface area (Å²) in [6.07, 6.45) is 7.91. The molecule has 3 aromatic rings. The van der Waals surface area contributed by atoms with Crippen molar-refractivity contribution in [3.05, 3.63) is 84.2 Å². The zero-order valence-corrected chi connectivity index (χ0v) is 15.4. The zero-order chi connectivity index (χ0) is 19.2. The molecule has 4 rings (SSSR count). The van der Waals surface area contributed by atoms with Gasteiger partial charge in [0, 0.05) is 23.9 Å². The number of rotatable bonds is 5. The van der Waals surface area contributed by atoms with E-state index in [4.69, 9.17) is 9.47 Å². The number of anilines is 1. The van der Waals surface area contributed by atoms with Gasteiger partial charge in [0.15, 0.2) is 23.9 Å². The molecule has 1 aliphatic heterocycles. The number of hydrogen-bond acceptors (Lipinski definition) is 3. The van der Waals surface area contributed by atoms with E-state index in [0.717, 1.165) is 11.1 Å². The molecular formula is C23H21N2O3+. The minimum absolute atomic E-state index is 0.103. The van der Waals surface area contributed by atoms with Crippen LogP contribution in [0.4, 0.5) is 5.69 Å². The van der Waals surface area contributed by atoms with Crippen LogP contribution in [-0.2, 0) is 11.3 Å². The summed E-state index contributed by atoms with van der Waals surface area (Å²) < 4.78 is 12.9. The number of pyridine rings is 1. The highest BCUT2D eigenvalue weighted by Crippen LogP contribution is 2.32. The van der Waals surface area contributed by atoms with Crippen molar-refractivity contribution in [2.75, 3.05) is 18.5 Å². The topological polar surface area (TPSA) is 51.4 Å². The lowest BCUT2D eigenvalue weighted by molar-refractivity contribution is -0.684. The summed E-state index contributed by atoms with van der Waals surface area (Å²) in [6.45, 7) is 1.30. The Morgan fingerprint density at radius 3 is 2.32 bits per heavy atom. The van der Waals surface area contributed by atoms with Crippen molar-refractivity contribution in [2.24, 2.45) is 0 Å². The van der Waals surface area contributed by atoms with Gasteiger partial charge in [-0.1, -0.05) is 42.5 Å². The Labute approximate surface area is 163 Å². The molecule has 0 radical (unpaired) electrons. The molecule has 5 heteroatoms. The second-order valence-corrected chi connectivity index (χ2v) is 6.45. The monoisotopic (exact) mass is 373 g/mol. The second-order valence-electron chi connectivity index (χ2n) is 6.45. The molecular weight excluding hydrogens is 352 g/mol. The maximum Gasteiger partial charge on any atom is 0.290 e. The van der Waals surface area contributed by atoms with Gasteiger partial charge in [0.25, 0.3) is 5.91 Å². The van der Waals surface area contributed by atoms with Gasteiger partial charge in [-0.15, -0.1) is 0 Å². The lowest BCUT2D eigenvalue weighted by Crippen LogP contribution is -2.39. The van der Waals surface area contributed by atoms with Crippen LogP contribution in [0.2, 0.25) is 0 Å². The van der Waals surface area contributed by atoms with Crippen LogP contribution in [0, 0.1) is 0 Å². The van der Waals surface area contributed by atoms with Gasteiger partial charge in [0.05, 0.1) is 0 Å². The van der Waals surface area contributed by atoms with Gasteiger partial charge in [-0.05, 0) is 23.3 Å². The summed E-state index contributed by atoms with van der Waals surface area (Å²) in [5, 5.41) is 2.89. The van der Waals surface area contributed by atoms with Gasteiger partial charge in [0.1, 0.15) is 13.2 Å². The molecule has 5 nitrogen and oxygen atoms in total. The molecule has 2 aromatic carbocycles. The predicted molar refractivity (Wildman–Crippen MR) is 108 cm³/mol. The highest BCUT2D eigenvalue weighted by molar-refractivity contribution is 5.90. The third kappa shape index (κ3) is 4.57. The van der Waals surface area contributed by atoms with Crippen molar-refractivity contribution in [2.45, 2.75) is 6.54 Å². The van der Waals surface area contributed by atoms with Gasteiger partial charge in [-0.2, -0.15) is 4.57 Å². The lowest BCUT2D eigenvalue weighted by Gasteiger charge is -2.18. The first-order valence-electron chi connectivity index (χ1n) is 9.18. The lowest BCUT2D eigenvalue weighted by atomic mass is 10.1. The van der Waals surface area contributed by atoms with Crippen molar-refractivity contribution >= 4 is 23.7 Å². The normalized spacial score (nSPS) is 12.7. The average molecular weight is 373 g/mol. The van der Waals surface area contributed by atoms with Crippen LogP contribution in [0.3, 0.4) is 0 Å². The molecule has 1 aliphatic rings. The fourth-order valence-electron chi connectivity index (χ4n) is 2.93. The third-order valence-corrected chi connectivity index (χ3v) is 4.34. The van der Waals surface area contributed by atoms with E-state index in [1.54, 1.807) is 6.07 Å². The van der Waals surface area contributed by atoms with Crippen molar-refractivity contribution < 1.29 is 18.8 Å². The molecule has 1 aromatic heterocycles. The Morgan fingerprint density at radius 2 is 1.57 bits per heavy atom. The van der Waals surface area contributed by atoms with Gasteiger partial charge in [-0.25, -0.2) is 0 Å². The van der Waals surface area contributed by atoms with Crippen LogP contribution in [-0.4, -0.2) is 19.1 Å². The molecule has 1 N–H and O–H groups in total. The van der Waals surface area contributed by atoms with Crippen LogP contribution in [0.25, 0.3) is 12.2 Å². The number of amides is 1. The summed E-state index contributed by atoms with van der Waals surface area (Å²) >= 11 is 0. The van der Waals surface area contributed by atoms with Gasteiger partial charge in [-0.3, -0.25) is 4.79 Å². The largest absolute Gasteiger partial charge is 0.486 e. The number of carbonyl (C=O) groups is 1. The van der Waals surface area contributed by atoms with E-state index >= 15 is 0 Å². The Bertz CT molecular complexity index is 982. The van der Waals surface area contributed by atoms with Crippen LogP contribution >= 0.6 is 0 Å². The molecule has 28 heavy (non-hydrogen) atoms. The molecule has 0 saturated carbocycles. The first-order valence-corrected chi connectivity index (χ1v) is 9.18. The zero-order valence-electron chi connectivity index (χ0n) is 15.4. The Balaban J connectivity index is 1.35. The minimum Gasteiger partial charge on any atom is -0.486 e. The van der Waals surface area contributed by atoms with E-state index in [2.05, 4.69) is 29.6 Å². The van der Waals surface area contributed by atoms with Crippen molar-refractivity contribution in [1.29, 1.82) is 0 Å². The summed E-state index contributed by atoms with van der Waals surface area (Å²) in [5.74, 6) is 1.26. The Hall–Kier alpha value is -3.60. The predicted octanol–water partition coefficient (Wildman–Crippen LogP) is 3.55. The Kier molecular flexibility index (Phi) is 5.33. The summed E-state index contributed by atoms with van der Waals surface area (Å²) in [5.41, 5.74) is 2.92. The van der Waals surface area contributed by atoms with Gasteiger partial charge in [0.2, 0.25) is 6.54 Å². The van der Waals surface area contributed by atoms with Crippen LogP contribution in [0.5, 0.6) is 11.5 Å². The maximum absolute atomic E-state index is 12.3. The first kappa shape index (κ1) is 17.8. The third-order valence-electron chi connectivity index (χ3n) is 4.34. The summed E-state index contributed by atoms with van der Waals surface area (Å²) in [4.78, 5) is 12.3. The van der Waals surface area contributed by atoms with Crippen LogP contribution in [0.15, 0.2) is 73.1 Å². The molecule has 0 saturated heterocycles. The SMILES string of the molecule is O=C(C[n+]1ccc(C=Cc2ccccc2)cc1)Nc1ccc2c(c1)OCCO2. The highest BCUT2D eigenvalue weighted by atomic mass is 16.6. The Morgan fingerprint density at radius 1 is 0.893 bits per heavy atom. The number of benzene rings is 2. The molecule has 140 valence electrons. The average Bonchev–Trinajstić information content (AvgIpc) is 2.74. The van der Waals surface area contributed by atoms with Crippen LogP contribution < -0.4 is 19.4 Å². The van der Waals surface area contributed by atoms with Crippen molar-refractivity contribution in [3.8, 4) is 11.5 Å². The van der Waals surface area contributed by atoms with E-state index < -0.39 is 0 Å². The molecule has 0 fully saturated rings. The van der Waals surface area contributed by atoms with Crippen molar-refractivity contribution in [3.63, 3.8) is 0 Å². The summed E-state index contributed by atoms with van der Waals surface area (Å²) in [6, 6.07) is 19.5. The quantitative estimate of drug-likeness (QED) is 0.696. The molecule has 0 aliphatic carbocycles. The standard InChI is InChI=1S/C23H20N2O3/c26-23(24-20-8-9-21-22(16-20)28-15-14-27-21)17-25-12-10-19(11-13-25)7-6-18-4-2-1-3-5-18/h1-13,16H,14-15,17H2/p+1. The van der Waals surface area contributed by atoms with E-state index in [9.17, 15) is 4.79 Å². The molecule has 0 spiro atoms. The van der Waals surface area contributed by atoms with E-state index in [0.29, 0.717) is 30.4 Å². The highest BCUT2D eigenvalue weighted by Gasteiger charge is 2.14. The molecule has 1 amide bonds. The fourth-order valence-corrected chi connectivity index (χ4v) is 2.93. The first-order chi connectivity index (χ1) is 13.8. The van der Waals surface area contributed by atoms with E-state index in [1.165, 1.54) is 0 Å². The number of aromatic nitrogens is 1. The number of nitrogens with zero attached hydrogens (tertiary/aromatic N) is 1. The molecule has 0 bridgehead atoms. The molecule has 0 unspecified atom stereocenters. The molecule has 0 atom stereocenters. The number of ether oxygens (including phenoxy) is 2. The number of hydrogen-bond donors (Lipinski definition) is 1. The molecule has 2 heterocycles. The van der Waals surface area contributed by atoms with Crippen molar-refractivity contribution in [1.82, 2.24) is 0 Å². The van der Waals surface area contributed by atoms with E-state index in [1.807, 2.05) is 59.4 Å². The number of nitrogens with one attached hydrogen (secondary N) is 1. The number of fused-ring (bicyclic) bond motifs is 1. The fraction of sp³-hybridized carbons (Fsp3) is 0.130. The second kappa shape index (κ2) is 8.39. The number of carbonyl (C=O) groups excluding carboxylic acids is 1. The van der Waals surface area contributed by atoms with E-state index in [-0.39, 0.29) is 12.5 Å². The van der Waals surface area contributed by atoms with Gasteiger partial charge >= 0.3 is 0 Å². The minimum atomic E-state index is -0.103. The maximum atomic E-state index is 12.3.